The van der Waals surface area contributed by atoms with E-state index in [4.69, 9.17) is 9.72 Å². The zero-order chi connectivity index (χ0) is 19.5. The second-order valence-electron chi connectivity index (χ2n) is 6.95. The number of methoxy groups -OCH3 is 1. The molecule has 144 valence electrons. The van der Waals surface area contributed by atoms with E-state index in [1.165, 1.54) is 6.33 Å². The maximum absolute atomic E-state index is 12.8. The molecule has 1 aromatic carbocycles. The molecule has 3 aromatic rings. The van der Waals surface area contributed by atoms with Gasteiger partial charge in [0.25, 0.3) is 5.56 Å². The predicted molar refractivity (Wildman–Crippen MR) is 107 cm³/mol. The zero-order valence-electron chi connectivity index (χ0n) is 16.0. The molecular formula is C21H23N5O2. The molecule has 7 nitrogen and oxygen atoms in total. The molecule has 1 aliphatic heterocycles. The first-order chi connectivity index (χ1) is 13.7. The molecular weight excluding hydrogens is 354 g/mol. The van der Waals surface area contributed by atoms with E-state index in [1.54, 1.807) is 30.0 Å². The van der Waals surface area contributed by atoms with Crippen molar-refractivity contribution >= 4 is 5.95 Å². The van der Waals surface area contributed by atoms with Gasteiger partial charge in [-0.25, -0.2) is 15.0 Å². The Morgan fingerprint density at radius 3 is 2.75 bits per heavy atom. The van der Waals surface area contributed by atoms with Crippen LogP contribution in [-0.4, -0.2) is 39.2 Å². The van der Waals surface area contributed by atoms with Crippen molar-refractivity contribution in [3.8, 4) is 11.4 Å². The van der Waals surface area contributed by atoms with Crippen LogP contribution >= 0.6 is 0 Å². The van der Waals surface area contributed by atoms with Crippen molar-refractivity contribution in [1.29, 1.82) is 0 Å². The first-order valence-electron chi connectivity index (χ1n) is 9.40. The highest BCUT2D eigenvalue weighted by Crippen LogP contribution is 2.28. The van der Waals surface area contributed by atoms with Gasteiger partial charge in [-0.2, -0.15) is 0 Å². The number of aromatic nitrogens is 4. The van der Waals surface area contributed by atoms with E-state index in [-0.39, 0.29) is 17.7 Å². The van der Waals surface area contributed by atoms with Crippen LogP contribution in [0.2, 0.25) is 0 Å². The Morgan fingerprint density at radius 2 is 2.04 bits per heavy atom. The maximum atomic E-state index is 12.8. The summed E-state index contributed by atoms with van der Waals surface area (Å²) in [6.45, 7) is 3.43. The number of hydrogen-bond acceptors (Lipinski definition) is 6. The molecule has 1 unspecified atom stereocenters. The number of fused-ring (bicyclic) bond motifs is 1. The minimum Gasteiger partial charge on any atom is -0.375 e. The van der Waals surface area contributed by atoms with Gasteiger partial charge in [-0.1, -0.05) is 30.3 Å². The highest BCUT2D eigenvalue weighted by Gasteiger charge is 2.28. The first kappa shape index (κ1) is 18.3. The van der Waals surface area contributed by atoms with Crippen LogP contribution in [0.3, 0.4) is 0 Å². The fraction of sp³-hybridized carbons (Fsp3) is 0.333. The van der Waals surface area contributed by atoms with Gasteiger partial charge < -0.3 is 9.64 Å². The molecule has 0 saturated heterocycles. The topological polar surface area (TPSA) is 73.1 Å². The van der Waals surface area contributed by atoms with Gasteiger partial charge in [0, 0.05) is 32.0 Å². The van der Waals surface area contributed by atoms with Gasteiger partial charge in [0.15, 0.2) is 0 Å². The summed E-state index contributed by atoms with van der Waals surface area (Å²) >= 11 is 0. The smallest absolute Gasteiger partial charge is 0.255 e. The van der Waals surface area contributed by atoms with E-state index in [2.05, 4.69) is 33.9 Å². The monoisotopic (exact) mass is 377 g/mol. The molecule has 2 atom stereocenters. The van der Waals surface area contributed by atoms with E-state index in [9.17, 15) is 4.79 Å². The van der Waals surface area contributed by atoms with Crippen LogP contribution in [0.4, 0.5) is 5.95 Å². The average Bonchev–Trinajstić information content (AvgIpc) is 2.74. The van der Waals surface area contributed by atoms with Crippen LogP contribution in [-0.2, 0) is 11.3 Å². The first-order valence-corrected chi connectivity index (χ1v) is 9.40. The van der Waals surface area contributed by atoms with Gasteiger partial charge in [-0.05, 0) is 25.0 Å². The van der Waals surface area contributed by atoms with Crippen LogP contribution in [0.5, 0.6) is 0 Å². The highest BCUT2D eigenvalue weighted by molar-refractivity contribution is 5.55. The molecule has 2 aromatic heterocycles. The van der Waals surface area contributed by atoms with Gasteiger partial charge in [0.05, 0.1) is 24.0 Å². The summed E-state index contributed by atoms with van der Waals surface area (Å²) < 4.78 is 7.51. The molecule has 0 N–H and O–H groups in total. The van der Waals surface area contributed by atoms with E-state index >= 15 is 0 Å². The van der Waals surface area contributed by atoms with E-state index in [0.717, 1.165) is 12.0 Å². The number of benzene rings is 1. The quantitative estimate of drug-likeness (QED) is 0.681. The van der Waals surface area contributed by atoms with Gasteiger partial charge in [0.1, 0.15) is 6.33 Å². The zero-order valence-corrected chi connectivity index (χ0v) is 16.0. The fourth-order valence-corrected chi connectivity index (χ4v) is 3.59. The Hall–Kier alpha value is -3.06. The van der Waals surface area contributed by atoms with Crippen LogP contribution < -0.4 is 10.5 Å². The standard InChI is InChI=1S/C21H23N5O2/c1-15-9-11-25-20(27)12-18(17-8-10-22-14-23-17)24-21(25)26(15)13-19(28-2)16-6-4-3-5-7-16/h3-8,10,12,14-15,19H,9,11,13H2,1-2H3/t15?,19-/m1/s1. The van der Waals surface area contributed by atoms with Crippen molar-refractivity contribution in [3.63, 3.8) is 0 Å². The van der Waals surface area contributed by atoms with Crippen molar-refractivity contribution in [1.82, 2.24) is 19.5 Å². The third-order valence-electron chi connectivity index (χ3n) is 5.21. The SMILES string of the molecule is CO[C@H](CN1c2nc(-c3ccncn3)cc(=O)n2CCC1C)c1ccccc1. The molecule has 0 bridgehead atoms. The molecule has 0 spiro atoms. The van der Waals surface area contributed by atoms with Crippen LogP contribution in [0.1, 0.15) is 25.0 Å². The summed E-state index contributed by atoms with van der Waals surface area (Å²) in [4.78, 5) is 27.9. The highest BCUT2D eigenvalue weighted by atomic mass is 16.5. The van der Waals surface area contributed by atoms with E-state index in [1.807, 2.05) is 18.2 Å². The number of hydrogen-bond donors (Lipinski definition) is 0. The average molecular weight is 377 g/mol. The number of ether oxygens (including phenoxy) is 1. The molecule has 0 radical (unpaired) electrons. The molecule has 4 rings (SSSR count). The van der Waals surface area contributed by atoms with Crippen LogP contribution in [0.25, 0.3) is 11.4 Å². The summed E-state index contributed by atoms with van der Waals surface area (Å²) in [5.74, 6) is 0.665. The van der Waals surface area contributed by atoms with Crippen molar-refractivity contribution in [3.05, 3.63) is 70.9 Å². The third-order valence-corrected chi connectivity index (χ3v) is 5.21. The van der Waals surface area contributed by atoms with E-state index in [0.29, 0.717) is 30.4 Å². The van der Waals surface area contributed by atoms with Crippen LogP contribution in [0, 0.1) is 0 Å². The Kier molecular flexibility index (Phi) is 5.16. The second kappa shape index (κ2) is 7.90. The molecule has 0 fully saturated rings. The number of anilines is 1. The predicted octanol–water partition coefficient (Wildman–Crippen LogP) is 2.69. The van der Waals surface area contributed by atoms with Gasteiger partial charge >= 0.3 is 0 Å². The maximum Gasteiger partial charge on any atom is 0.255 e. The van der Waals surface area contributed by atoms with Gasteiger partial charge in [0.2, 0.25) is 5.95 Å². The molecule has 0 amide bonds. The van der Waals surface area contributed by atoms with Crippen molar-refractivity contribution in [2.45, 2.75) is 32.0 Å². The summed E-state index contributed by atoms with van der Waals surface area (Å²) in [6, 6.07) is 13.7. The fourth-order valence-electron chi connectivity index (χ4n) is 3.59. The van der Waals surface area contributed by atoms with E-state index < -0.39 is 0 Å². The normalized spacial score (nSPS) is 17.2. The molecule has 3 heterocycles. The van der Waals surface area contributed by atoms with Gasteiger partial charge in [-0.15, -0.1) is 0 Å². The molecule has 0 aliphatic carbocycles. The molecule has 28 heavy (non-hydrogen) atoms. The Bertz CT molecular complexity index is 991. The summed E-state index contributed by atoms with van der Waals surface area (Å²) in [5, 5.41) is 0. The minimum atomic E-state index is -0.116. The lowest BCUT2D eigenvalue weighted by atomic mass is 10.1. The lowest BCUT2D eigenvalue weighted by molar-refractivity contribution is 0.105. The second-order valence-corrected chi connectivity index (χ2v) is 6.95. The summed E-state index contributed by atoms with van der Waals surface area (Å²) in [7, 11) is 1.71. The largest absolute Gasteiger partial charge is 0.375 e. The summed E-state index contributed by atoms with van der Waals surface area (Å²) in [5.41, 5.74) is 2.24. The van der Waals surface area contributed by atoms with Crippen molar-refractivity contribution in [2.24, 2.45) is 0 Å². The minimum absolute atomic E-state index is 0.0656. The summed E-state index contributed by atoms with van der Waals surface area (Å²) in [6.07, 6.45) is 3.88. The lowest BCUT2D eigenvalue weighted by Gasteiger charge is -2.38. The number of nitrogens with zero attached hydrogens (tertiary/aromatic N) is 5. The van der Waals surface area contributed by atoms with Gasteiger partial charge in [-0.3, -0.25) is 9.36 Å². The Morgan fingerprint density at radius 1 is 1.21 bits per heavy atom. The molecule has 1 aliphatic rings. The van der Waals surface area contributed by atoms with Crippen molar-refractivity contribution < 1.29 is 4.74 Å². The number of rotatable bonds is 5. The Balaban J connectivity index is 1.74. The van der Waals surface area contributed by atoms with Crippen LogP contribution in [0.15, 0.2) is 59.8 Å². The lowest BCUT2D eigenvalue weighted by Crippen LogP contribution is -2.46. The van der Waals surface area contributed by atoms with Crippen molar-refractivity contribution in [2.75, 3.05) is 18.6 Å². The molecule has 7 heteroatoms. The Labute approximate surface area is 163 Å². The third kappa shape index (κ3) is 3.53. The molecule has 0 saturated carbocycles.